The molecule has 1 N–H and O–H groups in total. The first-order valence-electron chi connectivity index (χ1n) is 5.23. The Balaban J connectivity index is 2.28. The molecule has 0 aliphatic carbocycles. The van der Waals surface area contributed by atoms with Crippen LogP contribution in [-0.4, -0.2) is 18.3 Å². The number of benzene rings is 2. The van der Waals surface area contributed by atoms with Crippen molar-refractivity contribution in [2.75, 3.05) is 13.2 Å². The van der Waals surface area contributed by atoms with E-state index in [0.717, 1.165) is 10.9 Å². The molecule has 0 amide bonds. The van der Waals surface area contributed by atoms with Crippen molar-refractivity contribution in [1.82, 2.24) is 0 Å². The van der Waals surface area contributed by atoms with Crippen molar-refractivity contribution < 1.29 is 9.84 Å². The number of aliphatic hydroxyl groups excluding tert-OH is 1. The molecule has 2 rings (SSSR count). The summed E-state index contributed by atoms with van der Waals surface area (Å²) in [5.74, 6) is 0.597. The largest absolute Gasteiger partial charge is 0.491 e. The van der Waals surface area contributed by atoms with Gasteiger partial charge in [-0.15, -0.1) is 0 Å². The average molecular weight is 214 g/mol. The minimum absolute atomic E-state index is 0.00655. The third kappa shape index (κ3) is 2.23. The predicted octanol–water partition coefficient (Wildman–Crippen LogP) is 2.82. The van der Waals surface area contributed by atoms with Crippen molar-refractivity contribution in [2.24, 2.45) is 0 Å². The number of hydrogen-bond acceptors (Lipinski definition) is 2. The van der Waals surface area contributed by atoms with Crippen LogP contribution in [0.1, 0.15) is 5.56 Å². The molecule has 0 aliphatic rings. The second-order valence-corrected chi connectivity index (χ2v) is 3.56. The van der Waals surface area contributed by atoms with Gasteiger partial charge in [0.2, 0.25) is 0 Å². The van der Waals surface area contributed by atoms with Crippen molar-refractivity contribution >= 4 is 16.5 Å². The third-order valence-electron chi connectivity index (χ3n) is 2.44. The maximum Gasteiger partial charge on any atom is 0.119 e. The molecule has 0 saturated carbocycles. The lowest BCUT2D eigenvalue weighted by atomic mass is 10.1. The molecule has 0 saturated heterocycles. The van der Waals surface area contributed by atoms with Gasteiger partial charge in [-0.05, 0) is 16.8 Å². The average Bonchev–Trinajstić information content (AvgIpc) is 2.35. The molecule has 0 bridgehead atoms. The Morgan fingerprint density at radius 3 is 2.62 bits per heavy atom. The summed E-state index contributed by atoms with van der Waals surface area (Å²) in [5, 5.41) is 11.0. The Kier molecular flexibility index (Phi) is 3.22. The lowest BCUT2D eigenvalue weighted by Crippen LogP contribution is -1.97. The molecule has 0 heterocycles. The Morgan fingerprint density at radius 2 is 1.88 bits per heavy atom. The van der Waals surface area contributed by atoms with Crippen LogP contribution >= 0.6 is 0 Å². The lowest BCUT2D eigenvalue weighted by Gasteiger charge is -2.08. The quantitative estimate of drug-likeness (QED) is 0.793. The maximum atomic E-state index is 8.67. The summed E-state index contributed by atoms with van der Waals surface area (Å²) in [6, 6.07) is 14.2. The highest BCUT2D eigenvalue weighted by Gasteiger charge is 2.00. The molecule has 0 aromatic heterocycles. The second kappa shape index (κ2) is 4.81. The highest BCUT2D eigenvalue weighted by atomic mass is 16.5. The van der Waals surface area contributed by atoms with Gasteiger partial charge in [0, 0.05) is 5.56 Å². The number of hydrogen-bond donors (Lipinski definition) is 1. The summed E-state index contributed by atoms with van der Waals surface area (Å²) >= 11 is 0. The number of fused-ring (bicyclic) bond motifs is 1. The number of aliphatic hydroxyl groups is 1. The zero-order valence-electron chi connectivity index (χ0n) is 9.02. The van der Waals surface area contributed by atoms with Gasteiger partial charge in [-0.2, -0.15) is 0 Å². The van der Waals surface area contributed by atoms with Crippen LogP contribution in [0.15, 0.2) is 49.0 Å². The van der Waals surface area contributed by atoms with E-state index >= 15 is 0 Å². The van der Waals surface area contributed by atoms with Gasteiger partial charge < -0.3 is 9.84 Å². The van der Waals surface area contributed by atoms with E-state index in [0.29, 0.717) is 5.76 Å². The van der Waals surface area contributed by atoms with Crippen molar-refractivity contribution in [1.29, 1.82) is 0 Å². The third-order valence-corrected chi connectivity index (χ3v) is 2.44. The fraction of sp³-hybridized carbons (Fsp3) is 0.143. The van der Waals surface area contributed by atoms with Gasteiger partial charge in [0.15, 0.2) is 0 Å². The predicted molar refractivity (Wildman–Crippen MR) is 66.0 cm³/mol. The van der Waals surface area contributed by atoms with Gasteiger partial charge in [-0.3, -0.25) is 0 Å². The van der Waals surface area contributed by atoms with Crippen LogP contribution < -0.4 is 0 Å². The molecule has 0 fully saturated rings. The van der Waals surface area contributed by atoms with Crippen molar-refractivity contribution in [3.05, 3.63) is 54.6 Å². The topological polar surface area (TPSA) is 29.5 Å². The van der Waals surface area contributed by atoms with Gasteiger partial charge in [-0.1, -0.05) is 43.0 Å². The fourth-order valence-corrected chi connectivity index (χ4v) is 1.61. The summed E-state index contributed by atoms with van der Waals surface area (Å²) < 4.78 is 5.28. The minimum atomic E-state index is 0.00655. The highest BCUT2D eigenvalue weighted by Crippen LogP contribution is 2.20. The highest BCUT2D eigenvalue weighted by molar-refractivity contribution is 5.85. The molecule has 2 aromatic rings. The first kappa shape index (κ1) is 10.7. The van der Waals surface area contributed by atoms with Crippen LogP contribution in [0.4, 0.5) is 0 Å². The zero-order chi connectivity index (χ0) is 11.4. The zero-order valence-corrected chi connectivity index (χ0v) is 9.02. The molecule has 16 heavy (non-hydrogen) atoms. The SMILES string of the molecule is C=C(OCCO)c1ccc2ccccc2c1. The summed E-state index contributed by atoms with van der Waals surface area (Å²) in [7, 11) is 0. The molecular weight excluding hydrogens is 200 g/mol. The van der Waals surface area contributed by atoms with E-state index < -0.39 is 0 Å². The molecule has 0 unspecified atom stereocenters. The Hall–Kier alpha value is -1.80. The summed E-state index contributed by atoms with van der Waals surface area (Å²) in [5.41, 5.74) is 0.951. The lowest BCUT2D eigenvalue weighted by molar-refractivity contribution is 0.181. The van der Waals surface area contributed by atoms with Crippen molar-refractivity contribution in [3.63, 3.8) is 0 Å². The van der Waals surface area contributed by atoms with E-state index in [9.17, 15) is 0 Å². The van der Waals surface area contributed by atoms with Crippen LogP contribution in [0.3, 0.4) is 0 Å². The first-order chi connectivity index (χ1) is 7.81. The smallest absolute Gasteiger partial charge is 0.119 e. The van der Waals surface area contributed by atoms with Gasteiger partial charge >= 0.3 is 0 Å². The number of rotatable bonds is 4. The number of ether oxygens (including phenoxy) is 1. The molecule has 2 aromatic carbocycles. The van der Waals surface area contributed by atoms with E-state index in [1.807, 2.05) is 30.3 Å². The summed E-state index contributed by atoms with van der Waals surface area (Å²) in [4.78, 5) is 0. The Morgan fingerprint density at radius 1 is 1.12 bits per heavy atom. The molecule has 82 valence electrons. The van der Waals surface area contributed by atoms with Gasteiger partial charge in [-0.25, -0.2) is 0 Å². The second-order valence-electron chi connectivity index (χ2n) is 3.56. The van der Waals surface area contributed by atoms with Crippen LogP contribution in [0, 0.1) is 0 Å². The normalized spacial score (nSPS) is 10.3. The van der Waals surface area contributed by atoms with Crippen molar-refractivity contribution in [3.8, 4) is 0 Å². The van der Waals surface area contributed by atoms with Gasteiger partial charge in [0.25, 0.3) is 0 Å². The molecule has 0 atom stereocenters. The Labute approximate surface area is 94.8 Å². The van der Waals surface area contributed by atoms with E-state index in [-0.39, 0.29) is 13.2 Å². The van der Waals surface area contributed by atoms with E-state index in [4.69, 9.17) is 9.84 Å². The molecule has 0 radical (unpaired) electrons. The Bertz CT molecular complexity index is 503. The molecule has 2 heteroatoms. The van der Waals surface area contributed by atoms with E-state index in [2.05, 4.69) is 18.7 Å². The van der Waals surface area contributed by atoms with E-state index in [1.165, 1.54) is 5.39 Å². The van der Waals surface area contributed by atoms with Crippen LogP contribution in [0.5, 0.6) is 0 Å². The van der Waals surface area contributed by atoms with Crippen LogP contribution in [0.25, 0.3) is 16.5 Å². The molecule has 0 spiro atoms. The van der Waals surface area contributed by atoms with E-state index in [1.54, 1.807) is 0 Å². The van der Waals surface area contributed by atoms with Gasteiger partial charge in [0.1, 0.15) is 12.4 Å². The summed E-state index contributed by atoms with van der Waals surface area (Å²) in [6.07, 6.45) is 0. The molecule has 0 aliphatic heterocycles. The maximum absolute atomic E-state index is 8.67. The monoisotopic (exact) mass is 214 g/mol. The minimum Gasteiger partial charge on any atom is -0.491 e. The molecular formula is C14H14O2. The first-order valence-corrected chi connectivity index (χ1v) is 5.23. The van der Waals surface area contributed by atoms with Crippen LogP contribution in [0.2, 0.25) is 0 Å². The summed E-state index contributed by atoms with van der Waals surface area (Å²) in [6.45, 7) is 4.13. The van der Waals surface area contributed by atoms with Crippen LogP contribution in [-0.2, 0) is 4.74 Å². The van der Waals surface area contributed by atoms with Crippen molar-refractivity contribution in [2.45, 2.75) is 0 Å². The standard InChI is InChI=1S/C14H14O2/c1-11(16-9-8-15)13-7-6-12-4-2-3-5-14(12)10-13/h2-7,10,15H,1,8-9H2. The fourth-order valence-electron chi connectivity index (χ4n) is 1.61. The van der Waals surface area contributed by atoms with Gasteiger partial charge in [0.05, 0.1) is 6.61 Å². The molecule has 2 nitrogen and oxygen atoms in total.